The second kappa shape index (κ2) is 2.88. The Labute approximate surface area is 59.0 Å². The van der Waals surface area contributed by atoms with Gasteiger partial charge < -0.3 is 15.6 Å². The summed E-state index contributed by atoms with van der Waals surface area (Å²) < 4.78 is 4.61. The van der Waals surface area contributed by atoms with E-state index in [9.17, 15) is 4.79 Å². The van der Waals surface area contributed by atoms with Crippen molar-refractivity contribution in [2.75, 3.05) is 0 Å². The minimum absolute atomic E-state index is 0.363. The van der Waals surface area contributed by atoms with E-state index in [-0.39, 0.29) is 6.10 Å². The number of nitrogens with two attached hydrogens (primary N) is 1. The minimum Gasteiger partial charge on any atom is -0.444 e. The molecule has 0 aromatic carbocycles. The molecule has 1 fully saturated rings. The van der Waals surface area contributed by atoms with Gasteiger partial charge in [0.25, 0.3) is 0 Å². The van der Waals surface area contributed by atoms with Crippen molar-refractivity contribution in [3.8, 4) is 0 Å². The maximum absolute atomic E-state index is 10.2. The molecular formula is C6H11NO3. The Balaban J connectivity index is 2.33. The van der Waals surface area contributed by atoms with Crippen LogP contribution in [0.3, 0.4) is 0 Å². The number of carbonyl (C=O) groups excluding carboxylic acids is 1. The van der Waals surface area contributed by atoms with Crippen LogP contribution in [-0.2, 0) is 4.74 Å². The second-order valence-electron chi connectivity index (χ2n) is 2.47. The van der Waals surface area contributed by atoms with Gasteiger partial charge in [-0.3, -0.25) is 0 Å². The lowest BCUT2D eigenvalue weighted by atomic mass is 10.3. The molecule has 0 heterocycles. The first-order chi connectivity index (χ1) is 4.70. The topological polar surface area (TPSA) is 72.6 Å². The van der Waals surface area contributed by atoms with Crippen LogP contribution in [0, 0.1) is 0 Å². The molecule has 1 saturated carbocycles. The Hall–Kier alpha value is -0.770. The summed E-state index contributed by atoms with van der Waals surface area (Å²) in [5.74, 6) is 0. The van der Waals surface area contributed by atoms with Gasteiger partial charge in [0.1, 0.15) is 6.10 Å². The molecule has 0 bridgehead atoms. The SMILES string of the molecule is NC(=O)O[C@H]1CCC[C@H]1O. The first kappa shape index (κ1) is 7.34. The third-order valence-corrected chi connectivity index (χ3v) is 1.69. The standard InChI is InChI=1S/C6H11NO3/c7-6(9)10-5-3-1-2-4(5)8/h4-5,8H,1-3H2,(H2,7,9)/t4-,5+/m1/s1. The normalized spacial score (nSPS) is 32.1. The summed E-state index contributed by atoms with van der Waals surface area (Å²) in [6, 6.07) is 0. The van der Waals surface area contributed by atoms with Crippen molar-refractivity contribution >= 4 is 6.09 Å². The van der Waals surface area contributed by atoms with Crippen molar-refractivity contribution in [1.82, 2.24) is 0 Å². The highest BCUT2D eigenvalue weighted by molar-refractivity contribution is 5.64. The van der Waals surface area contributed by atoms with Gasteiger partial charge in [-0.1, -0.05) is 0 Å². The summed E-state index contributed by atoms with van der Waals surface area (Å²) in [4.78, 5) is 10.2. The Morgan fingerprint density at radius 1 is 1.60 bits per heavy atom. The molecule has 0 aromatic rings. The summed E-state index contributed by atoms with van der Waals surface area (Å²) >= 11 is 0. The molecule has 0 unspecified atom stereocenters. The number of aliphatic hydroxyl groups excluding tert-OH is 1. The molecule has 3 N–H and O–H groups in total. The average molecular weight is 145 g/mol. The van der Waals surface area contributed by atoms with Gasteiger partial charge in [-0.05, 0) is 19.3 Å². The number of rotatable bonds is 1. The molecule has 0 saturated heterocycles. The third-order valence-electron chi connectivity index (χ3n) is 1.69. The molecule has 0 spiro atoms. The van der Waals surface area contributed by atoms with E-state index >= 15 is 0 Å². The van der Waals surface area contributed by atoms with Gasteiger partial charge in [0, 0.05) is 0 Å². The van der Waals surface area contributed by atoms with Gasteiger partial charge in [-0.25, -0.2) is 4.79 Å². The lowest BCUT2D eigenvalue weighted by Crippen LogP contribution is -2.28. The summed E-state index contributed by atoms with van der Waals surface area (Å²) in [7, 11) is 0. The van der Waals surface area contributed by atoms with Crippen LogP contribution >= 0.6 is 0 Å². The van der Waals surface area contributed by atoms with Crippen LogP contribution in [0.15, 0.2) is 0 Å². The number of aliphatic hydroxyl groups is 1. The zero-order valence-electron chi connectivity index (χ0n) is 5.62. The summed E-state index contributed by atoms with van der Waals surface area (Å²) in [5, 5.41) is 9.11. The van der Waals surface area contributed by atoms with E-state index in [1.54, 1.807) is 0 Å². The average Bonchev–Trinajstić information content (AvgIpc) is 2.15. The Morgan fingerprint density at radius 3 is 2.70 bits per heavy atom. The van der Waals surface area contributed by atoms with Crippen LogP contribution in [0.25, 0.3) is 0 Å². The number of primary amides is 1. The Bertz CT molecular complexity index is 137. The molecule has 58 valence electrons. The van der Waals surface area contributed by atoms with Gasteiger partial charge in [-0.2, -0.15) is 0 Å². The number of amides is 1. The molecule has 1 amide bonds. The van der Waals surface area contributed by atoms with Gasteiger partial charge in [0.05, 0.1) is 6.10 Å². The molecule has 0 aromatic heterocycles. The first-order valence-corrected chi connectivity index (χ1v) is 3.34. The fraction of sp³-hybridized carbons (Fsp3) is 0.833. The van der Waals surface area contributed by atoms with Crippen molar-refractivity contribution in [3.63, 3.8) is 0 Å². The van der Waals surface area contributed by atoms with Gasteiger partial charge >= 0.3 is 6.09 Å². The van der Waals surface area contributed by atoms with Crippen LogP contribution in [0.1, 0.15) is 19.3 Å². The van der Waals surface area contributed by atoms with E-state index in [1.165, 1.54) is 0 Å². The predicted octanol–water partition coefficient (Wildman–Crippen LogP) is -0.00490. The fourth-order valence-electron chi connectivity index (χ4n) is 1.19. The van der Waals surface area contributed by atoms with Gasteiger partial charge in [0.15, 0.2) is 0 Å². The van der Waals surface area contributed by atoms with Crippen molar-refractivity contribution in [3.05, 3.63) is 0 Å². The highest BCUT2D eigenvalue weighted by atomic mass is 16.6. The van der Waals surface area contributed by atoms with Crippen molar-refractivity contribution in [2.45, 2.75) is 31.5 Å². The first-order valence-electron chi connectivity index (χ1n) is 3.34. The number of hydrogen-bond acceptors (Lipinski definition) is 3. The maximum Gasteiger partial charge on any atom is 0.404 e. The predicted molar refractivity (Wildman–Crippen MR) is 34.3 cm³/mol. The van der Waals surface area contributed by atoms with Crippen molar-refractivity contribution in [1.29, 1.82) is 0 Å². The minimum atomic E-state index is -0.800. The fourth-order valence-corrected chi connectivity index (χ4v) is 1.19. The Morgan fingerprint density at radius 2 is 2.30 bits per heavy atom. The lowest BCUT2D eigenvalue weighted by molar-refractivity contribution is 0.0266. The van der Waals surface area contributed by atoms with Crippen LogP contribution in [0.5, 0.6) is 0 Å². The third kappa shape index (κ3) is 1.60. The summed E-state index contributed by atoms with van der Waals surface area (Å²) in [6.07, 6.45) is 0.664. The van der Waals surface area contributed by atoms with E-state index in [2.05, 4.69) is 4.74 Å². The summed E-state index contributed by atoms with van der Waals surface area (Å²) in [6.45, 7) is 0. The molecule has 4 heteroatoms. The van der Waals surface area contributed by atoms with E-state index < -0.39 is 12.2 Å². The maximum atomic E-state index is 10.2. The molecule has 1 rings (SSSR count). The molecular weight excluding hydrogens is 134 g/mol. The zero-order chi connectivity index (χ0) is 7.56. The molecule has 1 aliphatic carbocycles. The molecule has 1 aliphatic rings. The van der Waals surface area contributed by atoms with Crippen molar-refractivity contribution in [2.24, 2.45) is 5.73 Å². The molecule has 10 heavy (non-hydrogen) atoms. The van der Waals surface area contributed by atoms with Crippen LogP contribution < -0.4 is 5.73 Å². The van der Waals surface area contributed by atoms with Crippen molar-refractivity contribution < 1.29 is 14.6 Å². The Kier molecular flexibility index (Phi) is 2.11. The van der Waals surface area contributed by atoms with Crippen LogP contribution in [0.4, 0.5) is 4.79 Å². The second-order valence-corrected chi connectivity index (χ2v) is 2.47. The van der Waals surface area contributed by atoms with E-state index in [0.29, 0.717) is 6.42 Å². The highest BCUT2D eigenvalue weighted by Gasteiger charge is 2.27. The molecule has 0 radical (unpaired) electrons. The smallest absolute Gasteiger partial charge is 0.404 e. The number of carbonyl (C=O) groups is 1. The summed E-state index contributed by atoms with van der Waals surface area (Å²) in [5.41, 5.74) is 4.76. The zero-order valence-corrected chi connectivity index (χ0v) is 5.62. The lowest BCUT2D eigenvalue weighted by Gasteiger charge is -2.12. The molecule has 2 atom stereocenters. The van der Waals surface area contributed by atoms with E-state index in [4.69, 9.17) is 10.8 Å². The highest BCUT2D eigenvalue weighted by Crippen LogP contribution is 2.21. The van der Waals surface area contributed by atoms with E-state index in [1.807, 2.05) is 0 Å². The van der Waals surface area contributed by atoms with Crippen LogP contribution in [-0.4, -0.2) is 23.4 Å². The molecule has 4 nitrogen and oxygen atoms in total. The monoisotopic (exact) mass is 145 g/mol. The van der Waals surface area contributed by atoms with Gasteiger partial charge in [0.2, 0.25) is 0 Å². The van der Waals surface area contributed by atoms with Gasteiger partial charge in [-0.15, -0.1) is 0 Å². The largest absolute Gasteiger partial charge is 0.444 e. The van der Waals surface area contributed by atoms with E-state index in [0.717, 1.165) is 12.8 Å². The number of hydrogen-bond donors (Lipinski definition) is 2. The quantitative estimate of drug-likeness (QED) is 0.545. The van der Waals surface area contributed by atoms with Crippen LogP contribution in [0.2, 0.25) is 0 Å². The molecule has 0 aliphatic heterocycles. The number of ether oxygens (including phenoxy) is 1.